The number of carbonyl (C=O) groups is 2. The van der Waals surface area contributed by atoms with Crippen LogP contribution in [0.3, 0.4) is 0 Å². The van der Waals surface area contributed by atoms with Gasteiger partial charge in [0.15, 0.2) is 0 Å². The zero-order valence-corrected chi connectivity index (χ0v) is 15.4. The van der Waals surface area contributed by atoms with E-state index in [2.05, 4.69) is 10.6 Å². The van der Waals surface area contributed by atoms with Crippen LogP contribution in [0.2, 0.25) is 5.02 Å². The van der Waals surface area contributed by atoms with Crippen LogP contribution in [0.25, 0.3) is 0 Å². The predicted molar refractivity (Wildman–Crippen MR) is 107 cm³/mol. The van der Waals surface area contributed by atoms with E-state index in [0.29, 0.717) is 29.2 Å². The molecule has 2 amide bonds. The Balaban J connectivity index is 1.59. The average Bonchev–Trinajstić information content (AvgIpc) is 2.72. The number of nitrogens with one attached hydrogen (secondary N) is 2. The van der Waals surface area contributed by atoms with Crippen molar-refractivity contribution in [1.29, 1.82) is 0 Å². The number of hydrogen-bond donors (Lipinski definition) is 2. The van der Waals surface area contributed by atoms with Crippen molar-refractivity contribution in [2.75, 3.05) is 0 Å². The molecule has 2 N–H and O–H groups in total. The normalized spacial score (nSPS) is 10.3. The summed E-state index contributed by atoms with van der Waals surface area (Å²) in [6, 6.07) is 23.6. The molecule has 0 saturated heterocycles. The van der Waals surface area contributed by atoms with Gasteiger partial charge in [0.2, 0.25) is 0 Å². The maximum absolute atomic E-state index is 12.4. The standard InChI is InChI=1S/C22H19ClN2O2/c23-20-11-9-17(10-12-20)15-25-22(27)19-8-4-7-18(13-19)21(26)24-14-16-5-2-1-3-6-16/h1-13H,14-15H2,(H,24,26)(H,25,27). The SMILES string of the molecule is O=C(NCc1ccccc1)c1cccc(C(=O)NCc2ccc(Cl)cc2)c1. The number of rotatable bonds is 6. The van der Waals surface area contributed by atoms with Gasteiger partial charge in [-0.1, -0.05) is 60.1 Å². The van der Waals surface area contributed by atoms with Gasteiger partial charge < -0.3 is 10.6 Å². The molecule has 3 aromatic carbocycles. The summed E-state index contributed by atoms with van der Waals surface area (Å²) in [5.74, 6) is -0.450. The molecule has 0 saturated carbocycles. The van der Waals surface area contributed by atoms with Crippen molar-refractivity contribution in [3.05, 3.63) is 106 Å². The van der Waals surface area contributed by atoms with E-state index in [1.807, 2.05) is 42.5 Å². The van der Waals surface area contributed by atoms with Crippen LogP contribution in [0, 0.1) is 0 Å². The van der Waals surface area contributed by atoms with E-state index in [4.69, 9.17) is 11.6 Å². The molecule has 27 heavy (non-hydrogen) atoms. The summed E-state index contributed by atoms with van der Waals surface area (Å²) in [4.78, 5) is 24.7. The van der Waals surface area contributed by atoms with Gasteiger partial charge in [-0.15, -0.1) is 0 Å². The van der Waals surface area contributed by atoms with Gasteiger partial charge in [0, 0.05) is 29.2 Å². The highest BCUT2D eigenvalue weighted by molar-refractivity contribution is 6.30. The third-order valence-corrected chi connectivity index (χ3v) is 4.30. The molecule has 0 aliphatic heterocycles. The number of carbonyl (C=O) groups excluding carboxylic acids is 2. The predicted octanol–water partition coefficient (Wildman–Crippen LogP) is 4.20. The molecule has 136 valence electrons. The van der Waals surface area contributed by atoms with Crippen molar-refractivity contribution in [3.8, 4) is 0 Å². The minimum absolute atomic E-state index is 0.216. The lowest BCUT2D eigenvalue weighted by molar-refractivity contribution is 0.0950. The fourth-order valence-corrected chi connectivity index (χ4v) is 2.69. The Labute approximate surface area is 163 Å². The smallest absolute Gasteiger partial charge is 0.251 e. The van der Waals surface area contributed by atoms with Crippen LogP contribution < -0.4 is 10.6 Å². The van der Waals surface area contributed by atoms with E-state index in [0.717, 1.165) is 11.1 Å². The first kappa shape index (κ1) is 18.7. The zero-order valence-electron chi connectivity index (χ0n) is 14.6. The van der Waals surface area contributed by atoms with Crippen molar-refractivity contribution >= 4 is 23.4 Å². The highest BCUT2D eigenvalue weighted by Crippen LogP contribution is 2.10. The van der Waals surface area contributed by atoms with Gasteiger partial charge >= 0.3 is 0 Å². The van der Waals surface area contributed by atoms with Gasteiger partial charge in [-0.3, -0.25) is 9.59 Å². The summed E-state index contributed by atoms with van der Waals surface area (Å²) in [6.07, 6.45) is 0. The topological polar surface area (TPSA) is 58.2 Å². The number of halogens is 1. The van der Waals surface area contributed by atoms with E-state index in [9.17, 15) is 9.59 Å². The lowest BCUT2D eigenvalue weighted by atomic mass is 10.1. The van der Waals surface area contributed by atoms with Crippen molar-refractivity contribution in [2.45, 2.75) is 13.1 Å². The molecule has 0 aliphatic rings. The summed E-state index contributed by atoms with van der Waals surface area (Å²) in [5, 5.41) is 6.36. The Morgan fingerprint density at radius 1 is 0.667 bits per heavy atom. The second kappa shape index (κ2) is 9.01. The van der Waals surface area contributed by atoms with Crippen LogP contribution in [0.15, 0.2) is 78.9 Å². The maximum Gasteiger partial charge on any atom is 0.251 e. The highest BCUT2D eigenvalue weighted by Gasteiger charge is 2.10. The Kier molecular flexibility index (Phi) is 6.23. The molecule has 0 aliphatic carbocycles. The van der Waals surface area contributed by atoms with Gasteiger partial charge in [0.25, 0.3) is 11.8 Å². The van der Waals surface area contributed by atoms with Gasteiger partial charge in [-0.2, -0.15) is 0 Å². The van der Waals surface area contributed by atoms with Gasteiger partial charge in [0.05, 0.1) is 0 Å². The van der Waals surface area contributed by atoms with Crippen molar-refractivity contribution < 1.29 is 9.59 Å². The van der Waals surface area contributed by atoms with E-state index in [1.165, 1.54) is 0 Å². The minimum atomic E-state index is -0.234. The first-order valence-corrected chi connectivity index (χ1v) is 8.94. The van der Waals surface area contributed by atoms with Gasteiger partial charge in [0.1, 0.15) is 0 Å². The molecule has 0 fully saturated rings. The molecular weight excluding hydrogens is 360 g/mol. The minimum Gasteiger partial charge on any atom is -0.348 e. The van der Waals surface area contributed by atoms with Crippen LogP contribution in [0.1, 0.15) is 31.8 Å². The van der Waals surface area contributed by atoms with E-state index >= 15 is 0 Å². The molecule has 4 nitrogen and oxygen atoms in total. The Morgan fingerprint density at radius 2 is 1.19 bits per heavy atom. The molecular formula is C22H19ClN2O2. The van der Waals surface area contributed by atoms with E-state index in [1.54, 1.807) is 36.4 Å². The Bertz CT molecular complexity index is 925. The van der Waals surface area contributed by atoms with Gasteiger partial charge in [-0.25, -0.2) is 0 Å². The van der Waals surface area contributed by atoms with Crippen molar-refractivity contribution in [2.24, 2.45) is 0 Å². The molecule has 0 radical (unpaired) electrons. The highest BCUT2D eigenvalue weighted by atomic mass is 35.5. The van der Waals surface area contributed by atoms with Crippen LogP contribution in [-0.4, -0.2) is 11.8 Å². The average molecular weight is 379 g/mol. The summed E-state index contributed by atoms with van der Waals surface area (Å²) >= 11 is 5.86. The number of amides is 2. The Hall–Kier alpha value is -3.11. The summed E-state index contributed by atoms with van der Waals surface area (Å²) < 4.78 is 0. The third kappa shape index (κ3) is 5.43. The maximum atomic E-state index is 12.4. The molecule has 0 unspecified atom stereocenters. The second-order valence-electron chi connectivity index (χ2n) is 6.06. The summed E-state index contributed by atoms with van der Waals surface area (Å²) in [5.41, 5.74) is 2.86. The summed E-state index contributed by atoms with van der Waals surface area (Å²) in [6.45, 7) is 0.826. The fraction of sp³-hybridized carbons (Fsp3) is 0.0909. The lowest BCUT2D eigenvalue weighted by Gasteiger charge is -2.08. The molecule has 0 heterocycles. The first-order chi connectivity index (χ1) is 13.1. The lowest BCUT2D eigenvalue weighted by Crippen LogP contribution is -2.25. The zero-order chi connectivity index (χ0) is 19.1. The Morgan fingerprint density at radius 3 is 1.74 bits per heavy atom. The van der Waals surface area contributed by atoms with Crippen LogP contribution >= 0.6 is 11.6 Å². The van der Waals surface area contributed by atoms with Crippen LogP contribution in [0.5, 0.6) is 0 Å². The number of hydrogen-bond acceptors (Lipinski definition) is 2. The largest absolute Gasteiger partial charge is 0.348 e. The third-order valence-electron chi connectivity index (χ3n) is 4.05. The van der Waals surface area contributed by atoms with Crippen LogP contribution in [-0.2, 0) is 13.1 Å². The van der Waals surface area contributed by atoms with E-state index in [-0.39, 0.29) is 11.8 Å². The second-order valence-corrected chi connectivity index (χ2v) is 6.49. The molecule has 0 spiro atoms. The van der Waals surface area contributed by atoms with Crippen molar-refractivity contribution in [3.63, 3.8) is 0 Å². The molecule has 0 bridgehead atoms. The quantitative estimate of drug-likeness (QED) is 0.675. The van der Waals surface area contributed by atoms with E-state index < -0.39 is 0 Å². The molecule has 0 atom stereocenters. The fourth-order valence-electron chi connectivity index (χ4n) is 2.57. The van der Waals surface area contributed by atoms with Crippen LogP contribution in [0.4, 0.5) is 0 Å². The molecule has 5 heteroatoms. The number of benzene rings is 3. The molecule has 3 aromatic rings. The van der Waals surface area contributed by atoms with Gasteiger partial charge in [-0.05, 0) is 41.5 Å². The molecule has 0 aromatic heterocycles. The monoisotopic (exact) mass is 378 g/mol. The molecule has 3 rings (SSSR count). The van der Waals surface area contributed by atoms with Crippen molar-refractivity contribution in [1.82, 2.24) is 10.6 Å². The summed E-state index contributed by atoms with van der Waals surface area (Å²) in [7, 11) is 0. The first-order valence-electron chi connectivity index (χ1n) is 8.56.